The molecule has 1 fully saturated rings. The number of rotatable bonds is 3. The second-order valence-electron chi connectivity index (χ2n) is 5.44. The SMILES string of the molecule is CCOC(=O)C(=O)Nc1c2c(nn1C1CCS(=O)(=O)C1)CSC2. The van der Waals surface area contributed by atoms with Crippen molar-refractivity contribution in [1.82, 2.24) is 9.78 Å². The van der Waals surface area contributed by atoms with Crippen molar-refractivity contribution in [3.63, 3.8) is 0 Å². The molecule has 10 heteroatoms. The zero-order valence-electron chi connectivity index (χ0n) is 12.6. The van der Waals surface area contributed by atoms with E-state index < -0.39 is 21.7 Å². The number of esters is 1. The van der Waals surface area contributed by atoms with E-state index in [1.54, 1.807) is 23.4 Å². The van der Waals surface area contributed by atoms with Crippen molar-refractivity contribution in [2.75, 3.05) is 23.4 Å². The number of anilines is 1. The highest BCUT2D eigenvalue weighted by Crippen LogP contribution is 2.38. The van der Waals surface area contributed by atoms with Crippen LogP contribution in [-0.4, -0.2) is 48.2 Å². The topological polar surface area (TPSA) is 107 Å². The highest BCUT2D eigenvalue weighted by molar-refractivity contribution is 7.98. The Balaban J connectivity index is 1.89. The summed E-state index contributed by atoms with van der Waals surface area (Å²) in [5.41, 5.74) is 1.69. The molecule has 3 rings (SSSR count). The molecule has 0 bridgehead atoms. The number of nitrogens with one attached hydrogen (secondary N) is 1. The highest BCUT2D eigenvalue weighted by Gasteiger charge is 2.34. The number of fused-ring (bicyclic) bond motifs is 1. The Bertz CT molecular complexity index is 756. The van der Waals surface area contributed by atoms with Crippen LogP contribution in [0.15, 0.2) is 0 Å². The second kappa shape index (κ2) is 6.16. The number of carbonyl (C=O) groups is 2. The molecule has 1 atom stereocenters. The molecule has 8 nitrogen and oxygen atoms in total. The van der Waals surface area contributed by atoms with Gasteiger partial charge in [-0.25, -0.2) is 17.9 Å². The van der Waals surface area contributed by atoms with Gasteiger partial charge in [-0.05, 0) is 13.3 Å². The lowest BCUT2D eigenvalue weighted by Crippen LogP contribution is -2.27. The average Bonchev–Trinajstić information content (AvgIpc) is 3.15. The van der Waals surface area contributed by atoms with Gasteiger partial charge in [0.2, 0.25) is 0 Å². The minimum absolute atomic E-state index is 0.00296. The van der Waals surface area contributed by atoms with E-state index in [2.05, 4.69) is 15.2 Å². The van der Waals surface area contributed by atoms with Gasteiger partial charge in [-0.3, -0.25) is 4.79 Å². The maximum Gasteiger partial charge on any atom is 0.397 e. The van der Waals surface area contributed by atoms with E-state index in [-0.39, 0.29) is 24.2 Å². The number of hydrogen-bond acceptors (Lipinski definition) is 7. The summed E-state index contributed by atoms with van der Waals surface area (Å²) >= 11 is 1.66. The van der Waals surface area contributed by atoms with Gasteiger partial charge in [-0.1, -0.05) is 0 Å². The van der Waals surface area contributed by atoms with Crippen molar-refractivity contribution in [3.8, 4) is 0 Å². The van der Waals surface area contributed by atoms with Gasteiger partial charge in [0.1, 0.15) is 5.82 Å². The lowest BCUT2D eigenvalue weighted by atomic mass is 10.2. The Kier molecular flexibility index (Phi) is 4.37. The Hall–Kier alpha value is -1.55. The third-order valence-corrected chi connectivity index (χ3v) is 6.54. The van der Waals surface area contributed by atoms with Crippen molar-refractivity contribution in [2.24, 2.45) is 0 Å². The number of hydrogen-bond donors (Lipinski definition) is 1. The van der Waals surface area contributed by atoms with E-state index >= 15 is 0 Å². The first-order valence-electron chi connectivity index (χ1n) is 7.28. The monoisotopic (exact) mass is 359 g/mol. The lowest BCUT2D eigenvalue weighted by Gasteiger charge is -2.15. The van der Waals surface area contributed by atoms with Crippen molar-refractivity contribution in [3.05, 3.63) is 11.3 Å². The molecule has 1 N–H and O–H groups in total. The average molecular weight is 359 g/mol. The molecule has 1 unspecified atom stereocenters. The smallest absolute Gasteiger partial charge is 0.397 e. The minimum atomic E-state index is -3.08. The highest BCUT2D eigenvalue weighted by atomic mass is 32.2. The third-order valence-electron chi connectivity index (χ3n) is 3.82. The Morgan fingerprint density at radius 3 is 2.87 bits per heavy atom. The number of thioether (sulfide) groups is 1. The molecule has 0 saturated carbocycles. The summed E-state index contributed by atoms with van der Waals surface area (Å²) in [6.45, 7) is 1.73. The van der Waals surface area contributed by atoms with Gasteiger partial charge in [0.05, 0.1) is 29.8 Å². The van der Waals surface area contributed by atoms with Crippen LogP contribution in [0.3, 0.4) is 0 Å². The van der Waals surface area contributed by atoms with Gasteiger partial charge in [-0.15, -0.1) is 0 Å². The Morgan fingerprint density at radius 1 is 1.43 bits per heavy atom. The molecule has 2 aliphatic rings. The van der Waals surface area contributed by atoms with Gasteiger partial charge < -0.3 is 10.1 Å². The summed E-state index contributed by atoms with van der Waals surface area (Å²) in [6, 6.07) is -0.312. The molecule has 1 aromatic rings. The molecule has 2 aliphatic heterocycles. The molecule has 23 heavy (non-hydrogen) atoms. The molecular formula is C13H17N3O5S2. The van der Waals surface area contributed by atoms with Crippen LogP contribution >= 0.6 is 11.8 Å². The molecule has 3 heterocycles. The second-order valence-corrected chi connectivity index (χ2v) is 8.66. The van der Waals surface area contributed by atoms with Crippen LogP contribution in [-0.2, 0) is 35.7 Å². The van der Waals surface area contributed by atoms with Gasteiger partial charge in [0, 0.05) is 17.1 Å². The molecule has 1 amide bonds. The van der Waals surface area contributed by atoms with Gasteiger partial charge in [0.25, 0.3) is 0 Å². The fourth-order valence-corrected chi connectivity index (χ4v) is 5.48. The van der Waals surface area contributed by atoms with Crippen LogP contribution in [0, 0.1) is 0 Å². The molecule has 0 aromatic carbocycles. The van der Waals surface area contributed by atoms with Gasteiger partial charge in [-0.2, -0.15) is 16.9 Å². The van der Waals surface area contributed by atoms with Crippen molar-refractivity contribution in [1.29, 1.82) is 0 Å². The first-order valence-corrected chi connectivity index (χ1v) is 10.3. The van der Waals surface area contributed by atoms with E-state index in [0.29, 0.717) is 23.7 Å². The fraction of sp³-hybridized carbons (Fsp3) is 0.615. The van der Waals surface area contributed by atoms with E-state index in [9.17, 15) is 18.0 Å². The van der Waals surface area contributed by atoms with E-state index in [0.717, 1.165) is 11.3 Å². The Labute approximate surface area is 137 Å². The van der Waals surface area contributed by atoms with Crippen LogP contribution in [0.1, 0.15) is 30.6 Å². The largest absolute Gasteiger partial charge is 0.459 e. The number of sulfone groups is 1. The van der Waals surface area contributed by atoms with E-state index in [1.165, 1.54) is 0 Å². The number of nitrogens with zero attached hydrogens (tertiary/aromatic N) is 2. The maximum absolute atomic E-state index is 11.9. The summed E-state index contributed by atoms with van der Waals surface area (Å²) < 4.78 is 29.7. The van der Waals surface area contributed by atoms with Crippen molar-refractivity contribution < 1.29 is 22.7 Å². The number of amides is 1. The molecule has 0 spiro atoms. The third kappa shape index (κ3) is 3.23. The molecular weight excluding hydrogens is 342 g/mol. The fourth-order valence-electron chi connectivity index (χ4n) is 2.75. The van der Waals surface area contributed by atoms with Crippen molar-refractivity contribution in [2.45, 2.75) is 30.9 Å². The molecule has 126 valence electrons. The lowest BCUT2D eigenvalue weighted by molar-refractivity contribution is -0.152. The minimum Gasteiger partial charge on any atom is -0.459 e. The normalized spacial score (nSPS) is 21.9. The molecule has 1 aromatic heterocycles. The summed E-state index contributed by atoms with van der Waals surface area (Å²) in [6.07, 6.45) is 0.457. The summed E-state index contributed by atoms with van der Waals surface area (Å²) in [7, 11) is -3.08. The van der Waals surface area contributed by atoms with Crippen LogP contribution in [0.5, 0.6) is 0 Å². The Morgan fingerprint density at radius 2 is 2.22 bits per heavy atom. The summed E-state index contributed by atoms with van der Waals surface area (Å²) in [5.74, 6) is 0.0973. The molecule has 1 saturated heterocycles. The van der Waals surface area contributed by atoms with Crippen molar-refractivity contribution >= 4 is 39.3 Å². The van der Waals surface area contributed by atoms with Gasteiger partial charge in [0.15, 0.2) is 9.84 Å². The first-order chi connectivity index (χ1) is 10.9. The summed E-state index contributed by atoms with van der Waals surface area (Å²) in [5, 5.41) is 7.02. The standard InChI is InChI=1S/C13H17N3O5S2/c1-2-21-13(18)12(17)14-11-9-5-22-6-10(9)15-16(11)8-3-4-23(19,20)7-8/h8H,2-7H2,1H3,(H,14,17). The maximum atomic E-state index is 11.9. The zero-order valence-corrected chi connectivity index (χ0v) is 14.2. The van der Waals surface area contributed by atoms with Gasteiger partial charge >= 0.3 is 11.9 Å². The zero-order chi connectivity index (χ0) is 16.6. The molecule has 0 aliphatic carbocycles. The van der Waals surface area contributed by atoms with E-state index in [1.807, 2.05) is 0 Å². The molecule has 0 radical (unpaired) electrons. The number of carbonyl (C=O) groups excluding carboxylic acids is 2. The number of ether oxygens (including phenoxy) is 1. The van der Waals surface area contributed by atoms with Crippen LogP contribution < -0.4 is 5.32 Å². The predicted molar refractivity (Wildman–Crippen MR) is 84.8 cm³/mol. The predicted octanol–water partition coefficient (Wildman–Crippen LogP) is 0.491. The first kappa shape index (κ1) is 16.3. The summed E-state index contributed by atoms with van der Waals surface area (Å²) in [4.78, 5) is 23.5. The van der Waals surface area contributed by atoms with Crippen LogP contribution in [0.2, 0.25) is 0 Å². The quantitative estimate of drug-likeness (QED) is 0.618. The number of aromatic nitrogens is 2. The van der Waals surface area contributed by atoms with Crippen LogP contribution in [0.25, 0.3) is 0 Å². The van der Waals surface area contributed by atoms with E-state index in [4.69, 9.17) is 0 Å². The van der Waals surface area contributed by atoms with Crippen LogP contribution in [0.4, 0.5) is 5.82 Å².